The monoisotopic (exact) mass is 1780 g/mol. The Morgan fingerprint density at radius 2 is 1.49 bits per heavy atom. The Hall–Kier alpha value is -10.1. The number of Topliss-reactive ketones (excluding diaryl/α,β-unsaturated/α-hetero) is 1. The fourth-order valence-electron chi connectivity index (χ4n) is 18.2. The second kappa shape index (κ2) is 45.4. The third kappa shape index (κ3) is 24.9. The molecule has 1 aliphatic carbocycles. The number of allylic oxidation sites excluding steroid dienone is 3. The van der Waals surface area contributed by atoms with E-state index in [1.807, 2.05) is 84.4 Å². The smallest absolute Gasteiger partial charge is 0.329 e. The number of benzene rings is 1. The van der Waals surface area contributed by atoms with Crippen LogP contribution < -0.4 is 32.3 Å². The number of oxazole rings is 1. The lowest BCUT2D eigenvalue weighted by atomic mass is 9.80. The number of carbonyl (C=O) groups is 6. The first-order valence-electron chi connectivity index (χ1n) is 45.1. The molecule has 1 aromatic carbocycles. The van der Waals surface area contributed by atoms with Crippen molar-refractivity contribution in [2.24, 2.45) is 34.6 Å². The van der Waals surface area contributed by atoms with Gasteiger partial charge >= 0.3 is 5.97 Å². The summed E-state index contributed by atoms with van der Waals surface area (Å²) in [6.45, 7) is 19.9. The molecule has 1 saturated carbocycles. The van der Waals surface area contributed by atoms with E-state index in [1.54, 1.807) is 57.9 Å². The van der Waals surface area contributed by atoms with E-state index in [0.29, 0.717) is 206 Å². The SMILES string of the molecule is C/C=C/C=C(\C)[C@H](C[C@@H]1CCC[C@](O)(C(=O)C(=O)N2CCCC[C@H]2C(=O)O[C@@H](C[C@@H](O)[C@H](C)/C=C(\C)[C@@H](O)[C@@H](O)/C(=N/OCC(=O)NCc2cnc(N3CCN(C(=O)CCOCCN4CCN(c5ncc(C(=O)N6CCC(n7nc(-c8ccc9oc(N)nc9c8)c8c(N)ncnc87)CC6)cn5)CC4)CC3)nc2)[C@H](C)CC(C)C)[C@H](N)C[C@@H]2CC[C@@H](O)[C@H](OC)C2)O1)OC. The van der Waals surface area contributed by atoms with E-state index in [-0.39, 0.29) is 91.9 Å². The minimum absolute atomic E-state index is 0.00312. The molecule has 4 amide bonds. The average molecular weight is 1780 g/mol. The zero-order valence-electron chi connectivity index (χ0n) is 75.1. The molecule has 14 atom stereocenters. The third-order valence-electron chi connectivity index (χ3n) is 25.6. The fourth-order valence-corrected chi connectivity index (χ4v) is 18.2. The highest BCUT2D eigenvalue weighted by atomic mass is 16.6. The number of carbonyl (C=O) groups excluding carboxylic acids is 6. The first-order valence-corrected chi connectivity index (χ1v) is 45.1. The Morgan fingerprint density at radius 3 is 2.19 bits per heavy atom. The highest BCUT2D eigenvalue weighted by Gasteiger charge is 2.50. The third-order valence-corrected chi connectivity index (χ3v) is 25.6. The second-order valence-corrected chi connectivity index (χ2v) is 35.3. The van der Waals surface area contributed by atoms with Gasteiger partial charge in [0.15, 0.2) is 17.8 Å². The highest BCUT2D eigenvalue weighted by Crippen LogP contribution is 2.39. The number of oxime groups is 1. The van der Waals surface area contributed by atoms with E-state index < -0.39 is 103 Å². The number of piperidine rings is 2. The number of aromatic nitrogens is 9. The predicted octanol–water partition coefficient (Wildman–Crippen LogP) is 5.40. The van der Waals surface area contributed by atoms with Crippen molar-refractivity contribution < 1.29 is 87.2 Å². The second-order valence-electron chi connectivity index (χ2n) is 35.3. The van der Waals surface area contributed by atoms with Crippen LogP contribution in [0.3, 0.4) is 0 Å². The topological polar surface area (TPSA) is 502 Å². The maximum Gasteiger partial charge on any atom is 0.329 e. The summed E-state index contributed by atoms with van der Waals surface area (Å²) in [5.74, 6) is -5.90. The zero-order valence-corrected chi connectivity index (χ0v) is 75.1. The van der Waals surface area contributed by atoms with Crippen LogP contribution in [0.1, 0.15) is 173 Å². The minimum Gasteiger partial charge on any atom is -0.459 e. The predicted molar refractivity (Wildman–Crippen MR) is 476 cm³/mol. The Kier molecular flexibility index (Phi) is 34.4. The summed E-state index contributed by atoms with van der Waals surface area (Å²) < 4.78 is 37.0. The number of methoxy groups -OCH3 is 2. The summed E-state index contributed by atoms with van der Waals surface area (Å²) >= 11 is 0. The molecule has 6 aliphatic rings. The van der Waals surface area contributed by atoms with Gasteiger partial charge in [-0.1, -0.05) is 57.2 Å². The van der Waals surface area contributed by atoms with Gasteiger partial charge in [0.1, 0.15) is 47.7 Å². The van der Waals surface area contributed by atoms with E-state index in [0.717, 1.165) is 29.1 Å². The van der Waals surface area contributed by atoms with Crippen molar-refractivity contribution in [1.29, 1.82) is 0 Å². The molecular weight excluding hydrogens is 1650 g/mol. The van der Waals surface area contributed by atoms with Gasteiger partial charge in [0, 0.05) is 172 Å². The number of piperazine rings is 2. The molecule has 0 spiro atoms. The maximum atomic E-state index is 14.6. The highest BCUT2D eigenvalue weighted by molar-refractivity contribution is 6.39. The number of anilines is 4. The molecule has 12 rings (SSSR count). The largest absolute Gasteiger partial charge is 0.459 e. The molecule has 5 aliphatic heterocycles. The van der Waals surface area contributed by atoms with Gasteiger partial charge in [0.25, 0.3) is 29.5 Å². The molecule has 128 heavy (non-hydrogen) atoms. The number of aliphatic hydroxyl groups is 5. The van der Waals surface area contributed by atoms with E-state index >= 15 is 0 Å². The number of likely N-dealkylation sites (tertiary alicyclic amines) is 2. The van der Waals surface area contributed by atoms with Crippen molar-refractivity contribution in [3.63, 3.8) is 0 Å². The van der Waals surface area contributed by atoms with Crippen LogP contribution in [-0.4, -0.2) is 310 Å². The first kappa shape index (κ1) is 96.9. The van der Waals surface area contributed by atoms with Crippen LogP contribution in [0.5, 0.6) is 0 Å². The molecule has 12 N–H and O–H groups in total. The molecule has 6 aromatic rings. The molecule has 698 valence electrons. The Balaban J connectivity index is 0.548. The lowest BCUT2D eigenvalue weighted by Gasteiger charge is -2.40. The molecule has 5 saturated heterocycles. The number of aliphatic hydroxyl groups excluding tert-OH is 4. The number of nitrogens with zero attached hydrogens (tertiary/aromatic N) is 16. The zero-order chi connectivity index (χ0) is 91.5. The van der Waals surface area contributed by atoms with E-state index in [1.165, 1.54) is 13.4 Å². The van der Waals surface area contributed by atoms with E-state index in [9.17, 15) is 54.3 Å². The summed E-state index contributed by atoms with van der Waals surface area (Å²) in [6.07, 6.45) is 13.6. The number of fused-ring (bicyclic) bond motifs is 2. The van der Waals surface area contributed by atoms with Crippen molar-refractivity contribution in [1.82, 2.24) is 69.6 Å². The summed E-state index contributed by atoms with van der Waals surface area (Å²) in [7, 11) is 3.10. The van der Waals surface area contributed by atoms with Gasteiger partial charge in [0.2, 0.25) is 23.6 Å². The van der Waals surface area contributed by atoms with Crippen LogP contribution in [0.25, 0.3) is 33.4 Å². The minimum atomic E-state index is -2.44. The molecule has 0 unspecified atom stereocenters. The Bertz CT molecular complexity index is 4830. The number of nitrogens with one attached hydrogen (secondary N) is 1. The number of ketones is 1. The molecule has 6 fully saturated rings. The number of nitrogens with two attached hydrogens (primary N) is 3. The Morgan fingerprint density at radius 1 is 0.781 bits per heavy atom. The van der Waals surface area contributed by atoms with Crippen LogP contribution in [-0.2, 0) is 59.0 Å². The molecular formula is C90H130N20O18. The fraction of sp³-hybridized carbons (Fsp3) is 0.633. The van der Waals surface area contributed by atoms with Crippen LogP contribution in [0, 0.1) is 23.7 Å². The normalized spacial score (nSPS) is 23.0. The number of nitrogen functional groups attached to an aromatic ring is 2. The average Bonchev–Trinajstić information content (AvgIpc) is 1.64. The van der Waals surface area contributed by atoms with Gasteiger partial charge in [-0.2, -0.15) is 10.1 Å². The molecule has 0 bridgehead atoms. The van der Waals surface area contributed by atoms with Crippen LogP contribution in [0.15, 0.2) is 94.3 Å². The van der Waals surface area contributed by atoms with E-state index in [2.05, 4.69) is 55.2 Å². The van der Waals surface area contributed by atoms with Gasteiger partial charge < -0.3 is 105 Å². The van der Waals surface area contributed by atoms with Gasteiger partial charge in [0.05, 0.1) is 72.9 Å². The molecule has 0 radical (unpaired) electrons. The lowest BCUT2D eigenvalue weighted by Crippen LogP contribution is -2.58. The Labute approximate surface area is 746 Å². The van der Waals surface area contributed by atoms with Gasteiger partial charge in [-0.15, -0.1) is 0 Å². The molecule has 10 heterocycles. The molecule has 38 heteroatoms. The maximum absolute atomic E-state index is 14.6. The lowest BCUT2D eigenvalue weighted by molar-refractivity contribution is -0.245. The summed E-state index contributed by atoms with van der Waals surface area (Å²) in [5.41, 5.74) is 24.7. The van der Waals surface area contributed by atoms with Crippen LogP contribution in [0.4, 0.5) is 23.7 Å². The molecule has 38 nitrogen and oxygen atoms in total. The summed E-state index contributed by atoms with van der Waals surface area (Å²) in [5, 5.41) is 70.8. The van der Waals surface area contributed by atoms with Gasteiger partial charge in [-0.05, 0) is 139 Å². The van der Waals surface area contributed by atoms with Gasteiger partial charge in [-0.3, -0.25) is 28.9 Å². The quantitative estimate of drug-likeness (QED) is 0.00443. The standard InChI is InChI=1S/C90H130N20O18/c1-10-11-15-55(4)71(122-8)45-64-16-14-25-90(121,128-64)81(117)85(119)109-26-13-12-17-67(109)86(120)126-72(65(91)42-59-18-20-68(111)73(43-59)123-9)46-69(112)56(5)41-58(7)79(115)80(116)77(57(6)40-54(2)3)103-125-52-74(113)94-47-60-48-95-88(96-49-60)108-35-33-105(34-36-108)75(114)24-38-124-39-37-104-29-31-107(32-30-104)89-97-50-62(51-98-89)84(118)106-27-22-63(23-28-106)110-83-76(82(92)99-53-100-83)78(102-110)61-19-21-70-66(44-61)101-87(93)127-70/h10-11,15,19,21,41,44,48-51,53-54,56-57,59,63-65,67-69,71-73,79-80,111-112,115-116,121H,12-14,16-18,20,22-40,42-43,45-47,52,91H2,1-9H3,(H2,93,101)(H,94,113)(H2,92,99,100)/b11-10+,55-15+,58-41+,103-77+/t56-,57-,59+,64+,65-,67+,68-,69-,71+,72+,73-,79-,80+,90-/m1/s1. The van der Waals surface area contributed by atoms with Crippen LogP contribution >= 0.6 is 0 Å². The van der Waals surface area contributed by atoms with Crippen molar-refractivity contribution >= 4 is 87.0 Å². The number of hydrogen-bond acceptors (Lipinski definition) is 33. The van der Waals surface area contributed by atoms with Crippen molar-refractivity contribution in [3.8, 4) is 11.3 Å². The number of esters is 1. The van der Waals surface area contributed by atoms with Crippen molar-refractivity contribution in [2.45, 2.75) is 230 Å². The number of ether oxygens (including phenoxy) is 5. The van der Waals surface area contributed by atoms with Gasteiger partial charge in [-0.25, -0.2) is 39.4 Å². The van der Waals surface area contributed by atoms with Crippen molar-refractivity contribution in [2.75, 3.05) is 134 Å². The summed E-state index contributed by atoms with van der Waals surface area (Å²) in [6, 6.07) is 3.45. The summed E-state index contributed by atoms with van der Waals surface area (Å²) in [4.78, 5) is 132. The van der Waals surface area contributed by atoms with Crippen molar-refractivity contribution in [3.05, 3.63) is 95.9 Å². The number of rotatable bonds is 39. The number of amides is 4. The first-order chi connectivity index (χ1) is 61.5. The number of hydrogen-bond donors (Lipinski definition) is 9. The molecule has 5 aromatic heterocycles. The van der Waals surface area contributed by atoms with E-state index in [4.69, 9.17) is 55.2 Å². The van der Waals surface area contributed by atoms with Crippen LogP contribution in [0.2, 0.25) is 0 Å².